The maximum absolute atomic E-state index is 12.8. The monoisotopic (exact) mass is 1080 g/mol. The number of aromatic carboxylic acids is 1. The van der Waals surface area contributed by atoms with Gasteiger partial charge in [-0.1, -0.05) is 48.1 Å². The van der Waals surface area contributed by atoms with Crippen LogP contribution in [0.3, 0.4) is 0 Å². The molecule has 0 atom stereocenters. The number of aromatic nitrogens is 11. The van der Waals surface area contributed by atoms with Gasteiger partial charge < -0.3 is 63.0 Å². The quantitative estimate of drug-likeness (QED) is 0.0611. The molecule has 25 nitrogen and oxygen atoms in total. The molecule has 0 saturated heterocycles. The minimum absolute atomic E-state index is 0. The van der Waals surface area contributed by atoms with Crippen LogP contribution in [-0.2, 0) is 56.5 Å². The highest BCUT2D eigenvalue weighted by atomic mass is 16.5. The number of oxazole rings is 3. The minimum Gasteiger partial charge on any atom is -0.476 e. The Balaban J connectivity index is 0.000000147. The van der Waals surface area contributed by atoms with Gasteiger partial charge in [0.2, 0.25) is 0 Å². The van der Waals surface area contributed by atoms with Gasteiger partial charge in [-0.15, -0.1) is 0 Å². The van der Waals surface area contributed by atoms with E-state index in [0.29, 0.717) is 100 Å². The standard InChI is InChI=1S/C20H20N6O3.C14H16N2O3.C13H11N5O3.C6H10N2O.CH4/c1-12-9-22-17(28-12)4-2-3-15(27)18-14-10-26(8-6-16(14)29-25-18)20-13-5-7-21-19(13)23-11-24-20;1-11-9-16-13(19-11)7-8-15-14(17)18-10-12-5-3-2-4-6-12;19-13(20)10-8-5-18(4-2-9(8)21-17-10)12-7-1-3-14-11(7)15-6-16-12;1-5-4-8-6(9-5)2-3-7;/h5,7,9,11H,2-4,6,8,10H2,1H3,(H,21,23,24);2-6,9H,7-8,10H2,1H3,(H,15,17);1,3,6H,2,4-5H2,(H,19,20)(H,14,15,16);4H,2-3,7H2,1H3;1H4. The Kier molecular flexibility index (Phi) is 18.7. The van der Waals surface area contributed by atoms with Crippen LogP contribution in [0.25, 0.3) is 22.1 Å². The molecule has 79 heavy (non-hydrogen) atoms. The zero-order chi connectivity index (χ0) is 54.4. The lowest BCUT2D eigenvalue weighted by atomic mass is 10.0. The summed E-state index contributed by atoms with van der Waals surface area (Å²) in [6.45, 7) is 9.25. The first-order valence-electron chi connectivity index (χ1n) is 25.2. The Hall–Kier alpha value is -9.52. The summed E-state index contributed by atoms with van der Waals surface area (Å²) >= 11 is 0. The van der Waals surface area contributed by atoms with Gasteiger partial charge in [0.1, 0.15) is 71.0 Å². The summed E-state index contributed by atoms with van der Waals surface area (Å²) in [7, 11) is 0. The minimum atomic E-state index is -1.07. The van der Waals surface area contributed by atoms with Gasteiger partial charge in [-0.2, -0.15) is 0 Å². The Bertz CT molecular complexity index is 3570. The molecule has 0 fully saturated rings. The van der Waals surface area contributed by atoms with Crippen LogP contribution in [0.5, 0.6) is 0 Å². The number of ketones is 1. The Morgan fingerprint density at radius 2 is 1.20 bits per heavy atom. The molecule has 1 amide bonds. The summed E-state index contributed by atoms with van der Waals surface area (Å²) in [6, 6.07) is 13.4. The number of aryl methyl sites for hydroxylation is 4. The van der Waals surface area contributed by atoms with Crippen molar-refractivity contribution in [2.45, 2.75) is 92.8 Å². The topological polar surface area (TPSA) is 338 Å². The number of nitrogens with two attached hydrogens (primary N) is 1. The molecule has 10 aromatic rings. The normalized spacial score (nSPS) is 12.5. The number of ether oxygens (including phenoxy) is 1. The Morgan fingerprint density at radius 3 is 1.72 bits per heavy atom. The van der Waals surface area contributed by atoms with Gasteiger partial charge in [-0.3, -0.25) is 4.79 Å². The molecule has 412 valence electrons. The third-order valence-electron chi connectivity index (χ3n) is 12.4. The first-order chi connectivity index (χ1) is 38.0. The molecular formula is C54H61N15O10. The second kappa shape index (κ2) is 26.5. The first-order valence-corrected chi connectivity index (χ1v) is 25.2. The predicted molar refractivity (Wildman–Crippen MR) is 286 cm³/mol. The van der Waals surface area contributed by atoms with Crippen molar-refractivity contribution in [1.82, 2.24) is 60.5 Å². The number of nitrogens with one attached hydrogen (secondary N) is 3. The van der Waals surface area contributed by atoms with Crippen molar-refractivity contribution in [3.05, 3.63) is 161 Å². The molecule has 25 heteroatoms. The second-order valence-corrected chi connectivity index (χ2v) is 18.0. The van der Waals surface area contributed by atoms with Crippen molar-refractivity contribution < 1.29 is 46.5 Å². The van der Waals surface area contributed by atoms with Crippen LogP contribution in [0.15, 0.2) is 108 Å². The molecule has 12 rings (SSSR count). The average Bonchev–Trinajstić information content (AvgIpc) is 4.45. The van der Waals surface area contributed by atoms with Gasteiger partial charge in [0.05, 0.1) is 42.5 Å². The number of amides is 1. The SMILES string of the molecule is C.Cc1cnc(CCCC(=O)c2noc3c2CN(c2ncnc4[nH]ccc24)CC3)o1.Cc1cnc(CCN)o1.Cc1cnc(CCNC(=O)OCc2ccccc2)o1.O=C(O)c1noc2c1CN(c1ncnc3[nH]ccc13)CC2. The summed E-state index contributed by atoms with van der Waals surface area (Å²) in [5, 5.41) is 21.4. The molecule has 0 spiro atoms. The molecule has 0 saturated carbocycles. The molecule has 0 unspecified atom stereocenters. The number of carboxylic acid groups (broad SMARTS) is 1. The number of hydrogen-bond donors (Lipinski definition) is 5. The molecule has 6 N–H and O–H groups in total. The number of nitrogens with zero attached hydrogens (tertiary/aromatic N) is 11. The average molecular weight is 1080 g/mol. The van der Waals surface area contributed by atoms with E-state index in [1.165, 1.54) is 6.33 Å². The van der Waals surface area contributed by atoms with Crippen molar-refractivity contribution >= 4 is 51.5 Å². The molecule has 2 aliphatic rings. The third kappa shape index (κ3) is 14.3. The number of hydrogen-bond acceptors (Lipinski definition) is 21. The van der Waals surface area contributed by atoms with Crippen LogP contribution < -0.4 is 20.9 Å². The smallest absolute Gasteiger partial charge is 0.407 e. The maximum atomic E-state index is 12.8. The van der Waals surface area contributed by atoms with Gasteiger partial charge in [-0.25, -0.2) is 44.5 Å². The lowest BCUT2D eigenvalue weighted by molar-refractivity contribution is 0.0684. The summed E-state index contributed by atoms with van der Waals surface area (Å²) in [4.78, 5) is 75.1. The van der Waals surface area contributed by atoms with Gasteiger partial charge in [0, 0.05) is 88.2 Å². The number of aromatic amines is 2. The lowest BCUT2D eigenvalue weighted by Crippen LogP contribution is -2.31. The lowest BCUT2D eigenvalue weighted by Gasteiger charge is -2.27. The molecule has 11 heterocycles. The van der Waals surface area contributed by atoms with Crippen molar-refractivity contribution in [2.75, 3.05) is 36.0 Å². The van der Waals surface area contributed by atoms with Gasteiger partial charge >= 0.3 is 12.1 Å². The molecule has 9 aromatic heterocycles. The molecule has 0 radical (unpaired) electrons. The van der Waals surface area contributed by atoms with Crippen molar-refractivity contribution in [3.63, 3.8) is 0 Å². The van der Waals surface area contributed by atoms with E-state index in [-0.39, 0.29) is 25.5 Å². The number of anilines is 2. The van der Waals surface area contributed by atoms with Gasteiger partial charge in [-0.05, 0) is 44.9 Å². The van der Waals surface area contributed by atoms with Crippen LogP contribution in [0.1, 0.15) is 104 Å². The van der Waals surface area contributed by atoms with Crippen molar-refractivity contribution in [1.29, 1.82) is 0 Å². The highest BCUT2D eigenvalue weighted by Gasteiger charge is 2.30. The van der Waals surface area contributed by atoms with E-state index in [0.717, 1.165) is 86.7 Å². The number of carbonyl (C=O) groups is 3. The number of H-pyrrole nitrogens is 2. The van der Waals surface area contributed by atoms with E-state index >= 15 is 0 Å². The first kappa shape index (κ1) is 55.7. The third-order valence-corrected chi connectivity index (χ3v) is 12.4. The molecule has 1 aromatic carbocycles. The summed E-state index contributed by atoms with van der Waals surface area (Å²) in [5.41, 5.74) is 9.67. The fourth-order valence-electron chi connectivity index (χ4n) is 8.63. The number of Topliss-reactive ketones (excluding diaryl/α,β-unsaturated/α-hetero) is 1. The highest BCUT2D eigenvalue weighted by Crippen LogP contribution is 2.31. The summed E-state index contributed by atoms with van der Waals surface area (Å²) in [5.74, 6) is 6.35. The highest BCUT2D eigenvalue weighted by molar-refractivity contribution is 5.96. The number of fused-ring (bicyclic) bond motifs is 4. The number of carboxylic acids is 1. The summed E-state index contributed by atoms with van der Waals surface area (Å²) < 4.78 is 31.5. The molecule has 0 aliphatic carbocycles. The predicted octanol–water partition coefficient (Wildman–Crippen LogP) is 7.79. The van der Waals surface area contributed by atoms with E-state index in [4.69, 9.17) is 37.9 Å². The number of benzene rings is 1. The second-order valence-electron chi connectivity index (χ2n) is 18.0. The Labute approximate surface area is 452 Å². The summed E-state index contributed by atoms with van der Waals surface area (Å²) in [6.07, 6.45) is 15.5. The zero-order valence-corrected chi connectivity index (χ0v) is 43.1. The van der Waals surface area contributed by atoms with Crippen LogP contribution in [0, 0.1) is 20.8 Å². The zero-order valence-electron chi connectivity index (χ0n) is 43.1. The van der Waals surface area contributed by atoms with E-state index < -0.39 is 12.1 Å². The van der Waals surface area contributed by atoms with E-state index in [9.17, 15) is 14.4 Å². The van der Waals surface area contributed by atoms with Crippen LogP contribution in [0.2, 0.25) is 0 Å². The fraction of sp³-hybridized carbons (Fsp3) is 0.333. The van der Waals surface area contributed by atoms with Crippen LogP contribution >= 0.6 is 0 Å². The van der Waals surface area contributed by atoms with E-state index in [2.05, 4.69) is 65.4 Å². The van der Waals surface area contributed by atoms with Gasteiger partial charge in [0.25, 0.3) is 0 Å². The van der Waals surface area contributed by atoms with Crippen LogP contribution in [0.4, 0.5) is 16.4 Å². The van der Waals surface area contributed by atoms with Crippen LogP contribution in [-0.4, -0.2) is 104 Å². The largest absolute Gasteiger partial charge is 0.476 e. The number of rotatable bonds is 15. The van der Waals surface area contributed by atoms with Gasteiger partial charge in [0.15, 0.2) is 34.8 Å². The number of alkyl carbamates (subject to hydrolysis) is 1. The van der Waals surface area contributed by atoms with E-state index in [1.807, 2.05) is 74.3 Å². The van der Waals surface area contributed by atoms with Crippen molar-refractivity contribution in [3.8, 4) is 0 Å². The van der Waals surface area contributed by atoms with Crippen molar-refractivity contribution in [2.24, 2.45) is 5.73 Å². The van der Waals surface area contributed by atoms with E-state index in [1.54, 1.807) is 31.1 Å². The number of carbonyl (C=O) groups excluding carboxylic acids is 2. The Morgan fingerprint density at radius 1 is 0.684 bits per heavy atom. The maximum Gasteiger partial charge on any atom is 0.407 e. The molecular weight excluding hydrogens is 1020 g/mol. The molecule has 0 bridgehead atoms. The fourth-order valence-corrected chi connectivity index (χ4v) is 8.63. The molecule has 2 aliphatic heterocycles.